The predicted octanol–water partition coefficient (Wildman–Crippen LogP) is 4.95. The highest BCUT2D eigenvalue weighted by molar-refractivity contribution is 5.48. The second kappa shape index (κ2) is 4.23. The van der Waals surface area contributed by atoms with Gasteiger partial charge in [-0.2, -0.15) is 0 Å². The maximum Gasteiger partial charge on any atom is 0.00299 e. The fraction of sp³-hybridized carbons (Fsp3) is 0.579. The third-order valence-corrected chi connectivity index (χ3v) is 5.85. The van der Waals surface area contributed by atoms with Gasteiger partial charge in [-0.1, -0.05) is 43.2 Å². The molecule has 0 heterocycles. The van der Waals surface area contributed by atoms with Crippen LogP contribution in [-0.4, -0.2) is 0 Å². The molecule has 2 bridgehead atoms. The van der Waals surface area contributed by atoms with Gasteiger partial charge in [0.05, 0.1) is 0 Å². The summed E-state index contributed by atoms with van der Waals surface area (Å²) >= 11 is 0. The molecule has 3 aliphatic carbocycles. The molecule has 100 valence electrons. The number of fused-ring (bicyclic) bond motifs is 5. The Morgan fingerprint density at radius 2 is 2.26 bits per heavy atom. The molecule has 0 saturated heterocycles. The van der Waals surface area contributed by atoms with Crippen LogP contribution in [0.2, 0.25) is 0 Å². The molecule has 1 saturated carbocycles. The lowest BCUT2D eigenvalue weighted by Gasteiger charge is -2.43. The number of hydrogen-bond donors (Lipinski definition) is 0. The fourth-order valence-corrected chi connectivity index (χ4v) is 5.19. The molecule has 0 nitrogen and oxygen atoms in total. The molecule has 19 heavy (non-hydrogen) atoms. The summed E-state index contributed by atoms with van der Waals surface area (Å²) in [5, 5.41) is 0. The number of benzene rings is 1. The van der Waals surface area contributed by atoms with Gasteiger partial charge < -0.3 is 0 Å². The number of rotatable bonds is 2. The van der Waals surface area contributed by atoms with Crippen LogP contribution < -0.4 is 0 Å². The van der Waals surface area contributed by atoms with E-state index in [1.165, 1.54) is 51.4 Å². The summed E-state index contributed by atoms with van der Waals surface area (Å²) in [4.78, 5) is 0. The van der Waals surface area contributed by atoms with Gasteiger partial charge in [0.25, 0.3) is 0 Å². The second-order valence-electron chi connectivity index (χ2n) is 6.89. The molecule has 0 heteroatoms. The van der Waals surface area contributed by atoms with Gasteiger partial charge in [0, 0.05) is 5.41 Å². The van der Waals surface area contributed by atoms with Gasteiger partial charge in [-0.15, -0.1) is 0 Å². The maximum absolute atomic E-state index is 2.53. The van der Waals surface area contributed by atoms with Crippen LogP contribution in [0.4, 0.5) is 0 Å². The fourth-order valence-electron chi connectivity index (χ4n) is 5.19. The number of hydrogen-bond acceptors (Lipinski definition) is 0. The van der Waals surface area contributed by atoms with Crippen molar-refractivity contribution in [3.63, 3.8) is 0 Å². The highest BCUT2D eigenvalue weighted by Crippen LogP contribution is 2.59. The van der Waals surface area contributed by atoms with Crippen LogP contribution in [0.25, 0.3) is 0 Å². The average Bonchev–Trinajstić information content (AvgIpc) is 3.00. The van der Waals surface area contributed by atoms with E-state index in [9.17, 15) is 0 Å². The number of allylic oxidation sites excluding steroid dienone is 2. The third-order valence-electron chi connectivity index (χ3n) is 5.85. The van der Waals surface area contributed by atoms with Crippen LogP contribution in [-0.2, 0) is 18.3 Å². The van der Waals surface area contributed by atoms with E-state index in [2.05, 4.69) is 31.2 Å². The lowest BCUT2D eigenvalue weighted by Crippen LogP contribution is -2.36. The SMILES string of the molecule is CCCc1cccc2c1C1(CCC2)CC2=CCC1C2. The van der Waals surface area contributed by atoms with Crippen molar-refractivity contribution in [3.05, 3.63) is 46.5 Å². The summed E-state index contributed by atoms with van der Waals surface area (Å²) in [5.41, 5.74) is 7.47. The lowest BCUT2D eigenvalue weighted by molar-refractivity contribution is 0.267. The molecule has 3 aliphatic rings. The van der Waals surface area contributed by atoms with Crippen molar-refractivity contribution in [1.29, 1.82) is 0 Å². The van der Waals surface area contributed by atoms with Gasteiger partial charge in [-0.05, 0) is 67.6 Å². The highest BCUT2D eigenvalue weighted by Gasteiger charge is 2.50. The van der Waals surface area contributed by atoms with E-state index >= 15 is 0 Å². The first-order valence-corrected chi connectivity index (χ1v) is 8.12. The van der Waals surface area contributed by atoms with E-state index in [4.69, 9.17) is 0 Å². The van der Waals surface area contributed by atoms with E-state index in [0.717, 1.165) is 5.92 Å². The van der Waals surface area contributed by atoms with Crippen molar-refractivity contribution < 1.29 is 0 Å². The summed E-state index contributed by atoms with van der Waals surface area (Å²) in [5.74, 6) is 0.930. The molecule has 0 aromatic heterocycles. The van der Waals surface area contributed by atoms with Gasteiger partial charge in [-0.3, -0.25) is 0 Å². The molecular formula is C19H24. The van der Waals surface area contributed by atoms with Crippen molar-refractivity contribution in [2.45, 2.75) is 63.7 Å². The van der Waals surface area contributed by atoms with Crippen LogP contribution in [0.1, 0.15) is 62.1 Å². The summed E-state index contributed by atoms with van der Waals surface area (Å²) in [6, 6.07) is 7.13. The van der Waals surface area contributed by atoms with Crippen molar-refractivity contribution in [2.75, 3.05) is 0 Å². The van der Waals surface area contributed by atoms with Crippen molar-refractivity contribution in [2.24, 2.45) is 5.92 Å². The van der Waals surface area contributed by atoms with Gasteiger partial charge in [-0.25, -0.2) is 0 Å². The Hall–Kier alpha value is -1.04. The van der Waals surface area contributed by atoms with E-state index < -0.39 is 0 Å². The molecule has 1 aromatic rings. The van der Waals surface area contributed by atoms with Crippen LogP contribution in [0.5, 0.6) is 0 Å². The molecule has 4 rings (SSSR count). The molecule has 1 fully saturated rings. The maximum atomic E-state index is 2.53. The monoisotopic (exact) mass is 252 g/mol. The quantitative estimate of drug-likeness (QED) is 0.653. The van der Waals surface area contributed by atoms with Crippen LogP contribution in [0, 0.1) is 5.92 Å². The Bertz CT molecular complexity index is 537. The molecule has 0 amide bonds. The molecule has 2 unspecified atom stereocenters. The Morgan fingerprint density at radius 1 is 1.32 bits per heavy atom. The summed E-state index contributed by atoms with van der Waals surface area (Å²) in [6.07, 6.45) is 13.4. The van der Waals surface area contributed by atoms with E-state index in [1.54, 1.807) is 22.3 Å². The summed E-state index contributed by atoms with van der Waals surface area (Å²) in [7, 11) is 0. The van der Waals surface area contributed by atoms with Gasteiger partial charge in [0.2, 0.25) is 0 Å². The first-order valence-electron chi connectivity index (χ1n) is 8.12. The lowest BCUT2D eigenvalue weighted by atomic mass is 9.61. The molecule has 0 radical (unpaired) electrons. The van der Waals surface area contributed by atoms with E-state index in [1.807, 2.05) is 0 Å². The minimum Gasteiger partial charge on any atom is -0.0850 e. The van der Waals surface area contributed by atoms with E-state index in [0.29, 0.717) is 5.41 Å². The predicted molar refractivity (Wildman–Crippen MR) is 80.5 cm³/mol. The van der Waals surface area contributed by atoms with Crippen molar-refractivity contribution in [3.8, 4) is 0 Å². The molecule has 2 atom stereocenters. The van der Waals surface area contributed by atoms with Gasteiger partial charge in [0.15, 0.2) is 0 Å². The first-order chi connectivity index (χ1) is 9.33. The summed E-state index contributed by atoms with van der Waals surface area (Å²) in [6.45, 7) is 2.32. The molecule has 0 aliphatic heterocycles. The topological polar surface area (TPSA) is 0 Å². The largest absolute Gasteiger partial charge is 0.0850 e. The Labute approximate surface area is 116 Å². The summed E-state index contributed by atoms with van der Waals surface area (Å²) < 4.78 is 0. The minimum atomic E-state index is 0.545. The third kappa shape index (κ3) is 1.58. The Kier molecular flexibility index (Phi) is 2.62. The zero-order chi connectivity index (χ0) is 12.9. The Balaban J connectivity index is 1.88. The van der Waals surface area contributed by atoms with Gasteiger partial charge in [0.1, 0.15) is 0 Å². The Morgan fingerprint density at radius 3 is 3.00 bits per heavy atom. The minimum absolute atomic E-state index is 0.545. The average molecular weight is 252 g/mol. The van der Waals surface area contributed by atoms with Gasteiger partial charge >= 0.3 is 0 Å². The normalized spacial score (nSPS) is 31.6. The standard InChI is InChI=1S/C19H24/c1-2-5-15-6-3-7-16-8-4-11-19(18(15)16)13-14-9-10-17(19)12-14/h3,6-7,9,17H,2,4-5,8,10-13H2,1H3. The van der Waals surface area contributed by atoms with Crippen molar-refractivity contribution >= 4 is 0 Å². The zero-order valence-corrected chi connectivity index (χ0v) is 12.0. The van der Waals surface area contributed by atoms with Crippen LogP contribution >= 0.6 is 0 Å². The highest BCUT2D eigenvalue weighted by atomic mass is 14.5. The molecule has 0 N–H and O–H groups in total. The van der Waals surface area contributed by atoms with Crippen LogP contribution in [0.15, 0.2) is 29.8 Å². The molecular weight excluding hydrogens is 228 g/mol. The zero-order valence-electron chi connectivity index (χ0n) is 12.0. The number of aryl methyl sites for hydroxylation is 2. The van der Waals surface area contributed by atoms with Crippen molar-refractivity contribution in [1.82, 2.24) is 0 Å². The second-order valence-corrected chi connectivity index (χ2v) is 6.89. The van der Waals surface area contributed by atoms with Crippen LogP contribution in [0.3, 0.4) is 0 Å². The smallest absolute Gasteiger partial charge is 0.00299 e. The molecule has 1 aromatic carbocycles. The molecule has 1 spiro atoms. The first kappa shape index (κ1) is 11.8. The van der Waals surface area contributed by atoms with E-state index in [-0.39, 0.29) is 0 Å².